The second-order valence-corrected chi connectivity index (χ2v) is 6.19. The molecule has 1 saturated heterocycles. The molecule has 1 aliphatic carbocycles. The van der Waals surface area contributed by atoms with Crippen molar-refractivity contribution in [1.29, 1.82) is 0 Å². The molecule has 3 rings (SSSR count). The third-order valence-corrected chi connectivity index (χ3v) is 4.37. The van der Waals surface area contributed by atoms with E-state index in [1.807, 2.05) is 12.3 Å². The first-order valence-electron chi connectivity index (χ1n) is 7.67. The molecule has 2 heterocycles. The molecule has 1 aromatic heterocycles. The first-order chi connectivity index (χ1) is 9.31. The summed E-state index contributed by atoms with van der Waals surface area (Å²) in [7, 11) is 0. The van der Waals surface area contributed by atoms with Crippen molar-refractivity contribution in [3.63, 3.8) is 0 Å². The van der Waals surface area contributed by atoms with E-state index in [4.69, 9.17) is 0 Å². The summed E-state index contributed by atoms with van der Waals surface area (Å²) in [6.45, 7) is 6.86. The van der Waals surface area contributed by atoms with Gasteiger partial charge in [-0.1, -0.05) is 6.07 Å². The van der Waals surface area contributed by atoms with Gasteiger partial charge in [-0.15, -0.1) is 0 Å². The summed E-state index contributed by atoms with van der Waals surface area (Å²) >= 11 is 0. The Morgan fingerprint density at radius 2 is 2.26 bits per heavy atom. The van der Waals surface area contributed by atoms with Gasteiger partial charge in [0.05, 0.1) is 5.69 Å². The Hall–Kier alpha value is -0.930. The molecule has 1 N–H and O–H groups in total. The third-order valence-electron chi connectivity index (χ3n) is 4.37. The fourth-order valence-electron chi connectivity index (χ4n) is 2.98. The molecule has 0 radical (unpaired) electrons. The zero-order valence-corrected chi connectivity index (χ0v) is 11.9. The van der Waals surface area contributed by atoms with E-state index < -0.39 is 0 Å². The van der Waals surface area contributed by atoms with Crippen molar-refractivity contribution < 1.29 is 0 Å². The maximum Gasteiger partial charge on any atom is 0.0573 e. The molecule has 1 atom stereocenters. The molecule has 0 spiro atoms. The Morgan fingerprint density at radius 3 is 3.05 bits per heavy atom. The first-order valence-corrected chi connectivity index (χ1v) is 7.67. The summed E-state index contributed by atoms with van der Waals surface area (Å²) in [6, 6.07) is 5.03. The maximum atomic E-state index is 4.52. The lowest BCUT2D eigenvalue weighted by atomic mass is 9.97. The molecule has 3 nitrogen and oxygen atoms in total. The number of pyridine rings is 1. The van der Waals surface area contributed by atoms with Gasteiger partial charge in [-0.25, -0.2) is 0 Å². The van der Waals surface area contributed by atoms with Gasteiger partial charge in [0.1, 0.15) is 0 Å². The average molecular weight is 259 g/mol. The van der Waals surface area contributed by atoms with E-state index in [1.165, 1.54) is 56.6 Å². The smallest absolute Gasteiger partial charge is 0.0573 e. The van der Waals surface area contributed by atoms with E-state index in [0.29, 0.717) is 0 Å². The maximum absolute atomic E-state index is 4.52. The molecule has 3 heteroatoms. The lowest BCUT2D eigenvalue weighted by Crippen LogP contribution is -2.39. The summed E-state index contributed by atoms with van der Waals surface area (Å²) < 4.78 is 0. The van der Waals surface area contributed by atoms with Gasteiger partial charge in [0.25, 0.3) is 0 Å². The van der Waals surface area contributed by atoms with E-state index in [9.17, 15) is 0 Å². The van der Waals surface area contributed by atoms with Crippen LogP contribution >= 0.6 is 0 Å². The van der Waals surface area contributed by atoms with Gasteiger partial charge < -0.3 is 5.32 Å². The van der Waals surface area contributed by atoms with Crippen LogP contribution in [0.5, 0.6) is 0 Å². The number of nitrogens with zero attached hydrogens (tertiary/aromatic N) is 2. The molecule has 2 aliphatic rings. The van der Waals surface area contributed by atoms with Crippen LogP contribution in [0.3, 0.4) is 0 Å². The topological polar surface area (TPSA) is 28.2 Å². The predicted molar refractivity (Wildman–Crippen MR) is 78.0 cm³/mol. The molecule has 19 heavy (non-hydrogen) atoms. The molecule has 2 fully saturated rings. The summed E-state index contributed by atoms with van der Waals surface area (Å²) in [5.41, 5.74) is 2.57. The van der Waals surface area contributed by atoms with E-state index in [-0.39, 0.29) is 0 Å². The zero-order valence-electron chi connectivity index (χ0n) is 11.9. The number of aromatic nitrogens is 1. The number of hydrogen-bond donors (Lipinski definition) is 1. The Morgan fingerprint density at radius 1 is 1.37 bits per heavy atom. The molecule has 1 aromatic rings. The fourth-order valence-corrected chi connectivity index (χ4v) is 2.98. The van der Waals surface area contributed by atoms with E-state index in [1.54, 1.807) is 0 Å². The van der Waals surface area contributed by atoms with Crippen molar-refractivity contribution in [2.75, 3.05) is 19.6 Å². The van der Waals surface area contributed by atoms with Crippen LogP contribution in [0.4, 0.5) is 0 Å². The summed E-state index contributed by atoms with van der Waals surface area (Å²) in [5.74, 6) is 0.832. The highest BCUT2D eigenvalue weighted by Gasteiger charge is 2.24. The van der Waals surface area contributed by atoms with Crippen molar-refractivity contribution in [3.8, 4) is 0 Å². The summed E-state index contributed by atoms with van der Waals surface area (Å²) in [6.07, 6.45) is 7.42. The monoisotopic (exact) mass is 259 g/mol. The normalized spacial score (nSPS) is 24.6. The predicted octanol–water partition coefficient (Wildman–Crippen LogP) is 2.35. The average Bonchev–Trinajstić information content (AvgIpc) is 3.24. The van der Waals surface area contributed by atoms with Gasteiger partial charge in [0.15, 0.2) is 0 Å². The summed E-state index contributed by atoms with van der Waals surface area (Å²) in [4.78, 5) is 7.11. The molecule has 0 aromatic carbocycles. The highest BCUT2D eigenvalue weighted by atomic mass is 15.1. The van der Waals surface area contributed by atoms with Crippen LogP contribution in [0.2, 0.25) is 0 Å². The second-order valence-electron chi connectivity index (χ2n) is 6.19. The number of nitrogens with one attached hydrogen (secondary N) is 1. The van der Waals surface area contributed by atoms with Crippen LogP contribution in [0, 0.1) is 12.8 Å². The molecule has 1 saturated carbocycles. The lowest BCUT2D eigenvalue weighted by molar-refractivity contribution is 0.163. The van der Waals surface area contributed by atoms with E-state index in [2.05, 4.69) is 28.2 Å². The van der Waals surface area contributed by atoms with Crippen molar-refractivity contribution >= 4 is 0 Å². The van der Waals surface area contributed by atoms with Gasteiger partial charge in [-0.2, -0.15) is 0 Å². The lowest BCUT2D eigenvalue weighted by Gasteiger charge is -2.33. The molecule has 104 valence electrons. The largest absolute Gasteiger partial charge is 0.314 e. The van der Waals surface area contributed by atoms with Crippen molar-refractivity contribution in [2.24, 2.45) is 5.92 Å². The first kappa shape index (κ1) is 13.1. The van der Waals surface area contributed by atoms with E-state index in [0.717, 1.165) is 18.5 Å². The van der Waals surface area contributed by atoms with Crippen LogP contribution in [0.25, 0.3) is 0 Å². The molecule has 0 amide bonds. The minimum atomic E-state index is 0.832. The Kier molecular flexibility index (Phi) is 4.14. The number of piperidine rings is 1. The van der Waals surface area contributed by atoms with E-state index >= 15 is 0 Å². The Labute approximate surface area is 116 Å². The van der Waals surface area contributed by atoms with Crippen molar-refractivity contribution in [2.45, 2.75) is 45.2 Å². The SMILES string of the molecule is Cc1cccnc1CN1CCCC(CNC2CC2)C1. The highest BCUT2D eigenvalue weighted by molar-refractivity contribution is 5.17. The highest BCUT2D eigenvalue weighted by Crippen LogP contribution is 2.22. The molecular formula is C16H25N3. The number of likely N-dealkylation sites (tertiary alicyclic amines) is 1. The van der Waals surface area contributed by atoms with Gasteiger partial charge >= 0.3 is 0 Å². The summed E-state index contributed by atoms with van der Waals surface area (Å²) in [5, 5.41) is 3.68. The van der Waals surface area contributed by atoms with Crippen molar-refractivity contribution in [1.82, 2.24) is 15.2 Å². The number of aryl methyl sites for hydroxylation is 1. The van der Waals surface area contributed by atoms with Crippen LogP contribution in [-0.2, 0) is 6.54 Å². The van der Waals surface area contributed by atoms with Gasteiger partial charge in [0, 0.05) is 25.3 Å². The van der Waals surface area contributed by atoms with Crippen LogP contribution < -0.4 is 5.32 Å². The number of hydrogen-bond acceptors (Lipinski definition) is 3. The zero-order chi connectivity index (χ0) is 13.1. The van der Waals surface area contributed by atoms with Gasteiger partial charge in [0.2, 0.25) is 0 Å². The Bertz CT molecular complexity index is 414. The van der Waals surface area contributed by atoms with Crippen LogP contribution in [0.15, 0.2) is 18.3 Å². The number of rotatable bonds is 5. The second kappa shape index (κ2) is 6.02. The molecule has 1 aliphatic heterocycles. The fraction of sp³-hybridized carbons (Fsp3) is 0.688. The third kappa shape index (κ3) is 3.77. The molecule has 1 unspecified atom stereocenters. The minimum Gasteiger partial charge on any atom is -0.314 e. The van der Waals surface area contributed by atoms with Gasteiger partial charge in [-0.3, -0.25) is 9.88 Å². The van der Waals surface area contributed by atoms with Crippen molar-refractivity contribution in [3.05, 3.63) is 29.6 Å². The van der Waals surface area contributed by atoms with Gasteiger partial charge in [-0.05, 0) is 63.2 Å². The molecule has 0 bridgehead atoms. The van der Waals surface area contributed by atoms with Crippen LogP contribution in [0.1, 0.15) is 36.9 Å². The van der Waals surface area contributed by atoms with Crippen LogP contribution in [-0.4, -0.2) is 35.6 Å². The minimum absolute atomic E-state index is 0.832. The Balaban J connectivity index is 1.51. The molecular weight excluding hydrogens is 234 g/mol. The quantitative estimate of drug-likeness (QED) is 0.880. The standard InChI is InChI=1S/C16H25N3/c1-13-4-2-8-17-16(13)12-19-9-3-5-14(11-19)10-18-15-6-7-15/h2,4,8,14-15,18H,3,5-7,9-12H2,1H3.